The molecule has 0 radical (unpaired) electrons. The first-order chi connectivity index (χ1) is 7.27. The summed E-state index contributed by atoms with van der Waals surface area (Å²) in [6.45, 7) is 2.61. The Morgan fingerprint density at radius 1 is 1.20 bits per heavy atom. The monoisotopic (exact) mass is 212 g/mol. The van der Waals surface area contributed by atoms with E-state index in [0.29, 0.717) is 19.8 Å². The second-order valence-corrected chi connectivity index (χ2v) is 4.10. The molecule has 0 aliphatic carbocycles. The first kappa shape index (κ1) is 10.6. The summed E-state index contributed by atoms with van der Waals surface area (Å²) in [4.78, 5) is 23.2. The van der Waals surface area contributed by atoms with Gasteiger partial charge in [-0.15, -0.1) is 0 Å². The largest absolute Gasteiger partial charge is 0.381 e. The topological polar surface area (TPSA) is 67.4 Å². The van der Waals surface area contributed by atoms with Crippen molar-refractivity contribution in [2.75, 3.05) is 26.3 Å². The van der Waals surface area contributed by atoms with E-state index < -0.39 is 0 Å². The Hall–Kier alpha value is -0.940. The first-order valence-corrected chi connectivity index (χ1v) is 5.40. The summed E-state index contributed by atoms with van der Waals surface area (Å²) in [5.74, 6) is -0.499. The third kappa shape index (κ3) is 2.54. The lowest BCUT2D eigenvalue weighted by atomic mass is 10.1. The summed E-state index contributed by atoms with van der Waals surface area (Å²) in [5.41, 5.74) is 0. The van der Waals surface area contributed by atoms with Crippen molar-refractivity contribution in [3.8, 4) is 0 Å². The molecule has 0 saturated carbocycles. The lowest BCUT2D eigenvalue weighted by molar-refractivity contribution is -0.134. The van der Waals surface area contributed by atoms with Crippen molar-refractivity contribution in [1.29, 1.82) is 0 Å². The van der Waals surface area contributed by atoms with E-state index in [1.807, 2.05) is 0 Å². The van der Waals surface area contributed by atoms with E-state index in [0.717, 1.165) is 19.4 Å². The zero-order valence-corrected chi connectivity index (χ0v) is 8.62. The Morgan fingerprint density at radius 2 is 2.00 bits per heavy atom. The standard InChI is InChI=1S/C10H16N2O3/c13-9(7-1-3-11-5-7)12-10(14)8-2-4-15-6-8/h7-8,11H,1-6H2,(H,12,13,14). The van der Waals surface area contributed by atoms with Crippen molar-refractivity contribution in [2.45, 2.75) is 12.8 Å². The van der Waals surface area contributed by atoms with Crippen LogP contribution in [0.3, 0.4) is 0 Å². The van der Waals surface area contributed by atoms with Crippen LogP contribution in [0.25, 0.3) is 0 Å². The van der Waals surface area contributed by atoms with Crippen LogP contribution < -0.4 is 10.6 Å². The number of carbonyl (C=O) groups is 2. The van der Waals surface area contributed by atoms with Crippen LogP contribution in [0, 0.1) is 11.8 Å². The van der Waals surface area contributed by atoms with Gasteiger partial charge in [-0.1, -0.05) is 0 Å². The zero-order valence-electron chi connectivity index (χ0n) is 8.62. The van der Waals surface area contributed by atoms with Gasteiger partial charge in [-0.25, -0.2) is 0 Å². The molecule has 0 spiro atoms. The highest BCUT2D eigenvalue weighted by Gasteiger charge is 2.28. The van der Waals surface area contributed by atoms with E-state index in [2.05, 4.69) is 10.6 Å². The lowest BCUT2D eigenvalue weighted by Gasteiger charge is -2.11. The Bertz CT molecular complexity index is 229. The second-order valence-electron chi connectivity index (χ2n) is 4.10. The molecule has 0 bridgehead atoms. The summed E-state index contributed by atoms with van der Waals surface area (Å²) < 4.78 is 5.10. The van der Waals surface area contributed by atoms with E-state index in [9.17, 15) is 9.59 Å². The number of rotatable bonds is 2. The van der Waals surface area contributed by atoms with Crippen LogP contribution in [-0.4, -0.2) is 38.1 Å². The summed E-state index contributed by atoms with van der Waals surface area (Å²) >= 11 is 0. The summed E-state index contributed by atoms with van der Waals surface area (Å²) in [5, 5.41) is 5.57. The third-order valence-electron chi connectivity index (χ3n) is 2.98. The van der Waals surface area contributed by atoms with Gasteiger partial charge in [-0.2, -0.15) is 0 Å². The zero-order chi connectivity index (χ0) is 10.7. The van der Waals surface area contributed by atoms with E-state index in [-0.39, 0.29) is 23.7 Å². The van der Waals surface area contributed by atoms with Crippen LogP contribution in [0.5, 0.6) is 0 Å². The molecule has 0 aromatic carbocycles. The quantitative estimate of drug-likeness (QED) is 0.592. The van der Waals surface area contributed by atoms with Crippen LogP contribution in [0.1, 0.15) is 12.8 Å². The molecule has 0 aromatic heterocycles. The van der Waals surface area contributed by atoms with Crippen molar-refractivity contribution < 1.29 is 14.3 Å². The van der Waals surface area contributed by atoms with Crippen molar-refractivity contribution in [2.24, 2.45) is 11.8 Å². The number of ether oxygens (including phenoxy) is 1. The maximum absolute atomic E-state index is 11.6. The molecule has 2 atom stereocenters. The van der Waals surface area contributed by atoms with Crippen LogP contribution in [0.15, 0.2) is 0 Å². The average molecular weight is 212 g/mol. The Balaban J connectivity index is 1.79. The molecule has 2 heterocycles. The maximum Gasteiger partial charge on any atom is 0.232 e. The molecule has 2 fully saturated rings. The second kappa shape index (κ2) is 4.72. The molecule has 0 aromatic rings. The van der Waals surface area contributed by atoms with Crippen molar-refractivity contribution in [3.63, 3.8) is 0 Å². The molecular formula is C10H16N2O3. The highest BCUT2D eigenvalue weighted by atomic mass is 16.5. The molecule has 5 heteroatoms. The molecule has 84 valence electrons. The van der Waals surface area contributed by atoms with Gasteiger partial charge < -0.3 is 10.1 Å². The van der Waals surface area contributed by atoms with E-state index in [1.54, 1.807) is 0 Å². The molecule has 2 amide bonds. The van der Waals surface area contributed by atoms with Crippen LogP contribution in [0.4, 0.5) is 0 Å². The number of amides is 2. The van der Waals surface area contributed by atoms with Crippen molar-refractivity contribution in [3.05, 3.63) is 0 Å². The fourth-order valence-electron chi connectivity index (χ4n) is 1.95. The highest BCUT2D eigenvalue weighted by molar-refractivity contribution is 5.97. The van der Waals surface area contributed by atoms with Crippen molar-refractivity contribution in [1.82, 2.24) is 10.6 Å². The smallest absolute Gasteiger partial charge is 0.232 e. The minimum Gasteiger partial charge on any atom is -0.381 e. The van der Waals surface area contributed by atoms with Crippen LogP contribution in [-0.2, 0) is 14.3 Å². The predicted molar refractivity (Wildman–Crippen MR) is 53.1 cm³/mol. The van der Waals surface area contributed by atoms with Gasteiger partial charge in [0.25, 0.3) is 0 Å². The van der Waals surface area contributed by atoms with Gasteiger partial charge in [-0.05, 0) is 19.4 Å². The molecule has 2 rings (SSSR count). The lowest BCUT2D eigenvalue weighted by Crippen LogP contribution is -2.40. The normalized spacial score (nSPS) is 30.4. The molecule has 2 unspecified atom stereocenters. The van der Waals surface area contributed by atoms with Gasteiger partial charge in [0.15, 0.2) is 0 Å². The van der Waals surface area contributed by atoms with E-state index in [1.165, 1.54) is 0 Å². The predicted octanol–water partition coefficient (Wildman–Crippen LogP) is -0.725. The SMILES string of the molecule is O=C(NC(=O)C1CCOC1)C1CCNC1. The van der Waals surface area contributed by atoms with E-state index in [4.69, 9.17) is 4.74 Å². The molecule has 2 saturated heterocycles. The Morgan fingerprint density at radius 3 is 2.60 bits per heavy atom. The Labute approximate surface area is 88.5 Å². The van der Waals surface area contributed by atoms with Gasteiger partial charge >= 0.3 is 0 Å². The van der Waals surface area contributed by atoms with Gasteiger partial charge in [0.05, 0.1) is 18.4 Å². The van der Waals surface area contributed by atoms with Gasteiger partial charge in [0.2, 0.25) is 11.8 Å². The van der Waals surface area contributed by atoms with Gasteiger partial charge in [-0.3, -0.25) is 14.9 Å². The number of imide groups is 1. The number of nitrogens with one attached hydrogen (secondary N) is 2. The Kier molecular flexibility index (Phi) is 3.33. The molecule has 2 aliphatic heterocycles. The minimum atomic E-state index is -0.176. The number of hydrogen-bond acceptors (Lipinski definition) is 4. The van der Waals surface area contributed by atoms with Gasteiger partial charge in [0.1, 0.15) is 0 Å². The summed E-state index contributed by atoms with van der Waals surface area (Å²) in [7, 11) is 0. The van der Waals surface area contributed by atoms with E-state index >= 15 is 0 Å². The molecule has 5 nitrogen and oxygen atoms in total. The summed E-state index contributed by atoms with van der Waals surface area (Å²) in [6, 6.07) is 0. The van der Waals surface area contributed by atoms with Crippen molar-refractivity contribution >= 4 is 11.8 Å². The number of hydrogen-bond donors (Lipinski definition) is 2. The third-order valence-corrected chi connectivity index (χ3v) is 2.98. The highest BCUT2D eigenvalue weighted by Crippen LogP contribution is 2.13. The molecule has 2 aliphatic rings. The molecule has 15 heavy (non-hydrogen) atoms. The van der Waals surface area contributed by atoms with Crippen LogP contribution in [0.2, 0.25) is 0 Å². The summed E-state index contributed by atoms with van der Waals surface area (Å²) in [6.07, 6.45) is 1.54. The fraction of sp³-hybridized carbons (Fsp3) is 0.800. The molecule has 2 N–H and O–H groups in total. The fourth-order valence-corrected chi connectivity index (χ4v) is 1.95. The molecular weight excluding hydrogens is 196 g/mol. The number of carbonyl (C=O) groups excluding carboxylic acids is 2. The first-order valence-electron chi connectivity index (χ1n) is 5.40. The van der Waals surface area contributed by atoms with Crippen LogP contribution >= 0.6 is 0 Å². The maximum atomic E-state index is 11.6. The minimum absolute atomic E-state index is 0.0451. The average Bonchev–Trinajstić information content (AvgIpc) is 2.91. The van der Waals surface area contributed by atoms with Gasteiger partial charge in [0, 0.05) is 13.2 Å².